The zero-order valence-electron chi connectivity index (χ0n) is 10.9. The zero-order valence-corrected chi connectivity index (χ0v) is 10.9. The molecule has 100 valence electrons. The first-order valence-corrected chi connectivity index (χ1v) is 6.15. The van der Waals surface area contributed by atoms with Gasteiger partial charge in [-0.1, -0.05) is 6.07 Å². The van der Waals surface area contributed by atoms with Crippen molar-refractivity contribution in [1.82, 2.24) is 9.88 Å². The molecular weight excluding hydrogens is 256 g/mol. The lowest BCUT2D eigenvalue weighted by atomic mass is 10.1. The molecule has 0 bridgehead atoms. The summed E-state index contributed by atoms with van der Waals surface area (Å²) in [6.07, 6.45) is 1.64. The molecule has 0 fully saturated rings. The Kier molecular flexibility index (Phi) is 2.95. The lowest BCUT2D eigenvalue weighted by Crippen LogP contribution is -2.29. The van der Waals surface area contributed by atoms with Crippen molar-refractivity contribution >= 4 is 11.8 Å². The molecule has 0 saturated carbocycles. The van der Waals surface area contributed by atoms with E-state index in [1.54, 1.807) is 36.5 Å². The quantitative estimate of drug-likeness (QED) is 0.797. The Morgan fingerprint density at radius 3 is 2.60 bits per heavy atom. The highest BCUT2D eigenvalue weighted by atomic mass is 16.5. The van der Waals surface area contributed by atoms with E-state index < -0.39 is 0 Å². The van der Waals surface area contributed by atoms with Crippen molar-refractivity contribution in [3.8, 4) is 5.75 Å². The van der Waals surface area contributed by atoms with Crippen molar-refractivity contribution in [2.24, 2.45) is 0 Å². The number of hydrogen-bond donors (Lipinski definition) is 0. The first-order valence-electron chi connectivity index (χ1n) is 6.15. The van der Waals surface area contributed by atoms with E-state index in [2.05, 4.69) is 4.98 Å². The Morgan fingerprint density at radius 2 is 1.90 bits per heavy atom. The normalized spacial score (nSPS) is 13.6. The number of benzene rings is 1. The molecule has 2 amide bonds. The standard InChI is InChI=1S/C15H12N2O3/c1-20-11-5-6-12-13(8-11)15(19)17(14(12)18)9-10-4-2-3-7-16-10/h2-8H,9H2,1H3. The Hall–Kier alpha value is -2.69. The van der Waals surface area contributed by atoms with E-state index in [1.807, 2.05) is 6.07 Å². The lowest BCUT2D eigenvalue weighted by molar-refractivity contribution is 0.0640. The van der Waals surface area contributed by atoms with Crippen LogP contribution in [0.3, 0.4) is 0 Å². The van der Waals surface area contributed by atoms with Crippen LogP contribution in [-0.2, 0) is 6.54 Å². The van der Waals surface area contributed by atoms with Crippen LogP contribution in [0.4, 0.5) is 0 Å². The van der Waals surface area contributed by atoms with Gasteiger partial charge in [0.05, 0.1) is 30.5 Å². The van der Waals surface area contributed by atoms with Crippen LogP contribution >= 0.6 is 0 Å². The Morgan fingerprint density at radius 1 is 1.10 bits per heavy atom. The van der Waals surface area contributed by atoms with Gasteiger partial charge in [0.15, 0.2) is 0 Å². The number of aromatic nitrogens is 1. The van der Waals surface area contributed by atoms with E-state index in [0.717, 1.165) is 0 Å². The second-order valence-corrected chi connectivity index (χ2v) is 4.43. The molecule has 5 heteroatoms. The van der Waals surface area contributed by atoms with Crippen molar-refractivity contribution in [1.29, 1.82) is 0 Å². The molecule has 0 radical (unpaired) electrons. The maximum Gasteiger partial charge on any atom is 0.262 e. The van der Waals surface area contributed by atoms with Crippen LogP contribution in [0.1, 0.15) is 26.4 Å². The number of pyridine rings is 1. The topological polar surface area (TPSA) is 59.5 Å². The molecule has 1 aliphatic heterocycles. The van der Waals surface area contributed by atoms with Crippen LogP contribution in [0.2, 0.25) is 0 Å². The summed E-state index contributed by atoms with van der Waals surface area (Å²) in [6, 6.07) is 10.3. The zero-order chi connectivity index (χ0) is 14.1. The van der Waals surface area contributed by atoms with Gasteiger partial charge in [0.1, 0.15) is 5.75 Å². The summed E-state index contributed by atoms with van der Waals surface area (Å²) in [5.74, 6) is -0.0440. The Bertz CT molecular complexity index is 683. The maximum absolute atomic E-state index is 12.3. The molecule has 3 rings (SSSR count). The van der Waals surface area contributed by atoms with Gasteiger partial charge in [-0.3, -0.25) is 19.5 Å². The number of imide groups is 1. The number of carbonyl (C=O) groups excluding carboxylic acids is 2. The van der Waals surface area contributed by atoms with Gasteiger partial charge in [0.25, 0.3) is 11.8 Å². The molecule has 0 atom stereocenters. The van der Waals surface area contributed by atoms with Gasteiger partial charge in [0, 0.05) is 6.20 Å². The number of fused-ring (bicyclic) bond motifs is 1. The second kappa shape index (κ2) is 4.77. The van der Waals surface area contributed by atoms with E-state index >= 15 is 0 Å². The lowest BCUT2D eigenvalue weighted by Gasteiger charge is -2.12. The average molecular weight is 268 g/mol. The fourth-order valence-corrected chi connectivity index (χ4v) is 2.19. The molecule has 2 aromatic rings. The summed E-state index contributed by atoms with van der Waals surface area (Å²) in [6.45, 7) is 0.176. The molecular formula is C15H12N2O3. The number of methoxy groups -OCH3 is 1. The highest BCUT2D eigenvalue weighted by Gasteiger charge is 2.35. The van der Waals surface area contributed by atoms with Gasteiger partial charge in [-0.05, 0) is 30.3 Å². The van der Waals surface area contributed by atoms with Crippen molar-refractivity contribution in [3.05, 3.63) is 59.4 Å². The van der Waals surface area contributed by atoms with Gasteiger partial charge in [0.2, 0.25) is 0 Å². The van der Waals surface area contributed by atoms with Gasteiger partial charge < -0.3 is 4.74 Å². The van der Waals surface area contributed by atoms with Crippen LogP contribution in [0, 0.1) is 0 Å². The molecule has 0 saturated heterocycles. The molecule has 2 heterocycles. The van der Waals surface area contributed by atoms with Gasteiger partial charge in [-0.25, -0.2) is 0 Å². The van der Waals surface area contributed by atoms with Gasteiger partial charge in [-0.2, -0.15) is 0 Å². The molecule has 5 nitrogen and oxygen atoms in total. The van der Waals surface area contributed by atoms with E-state index in [4.69, 9.17) is 4.74 Å². The number of amides is 2. The van der Waals surface area contributed by atoms with E-state index in [0.29, 0.717) is 22.6 Å². The highest BCUT2D eigenvalue weighted by Crippen LogP contribution is 2.27. The summed E-state index contributed by atoms with van der Waals surface area (Å²) < 4.78 is 5.08. The van der Waals surface area contributed by atoms with Gasteiger partial charge >= 0.3 is 0 Å². The predicted octanol–water partition coefficient (Wildman–Crippen LogP) is 1.89. The largest absolute Gasteiger partial charge is 0.497 e. The third-order valence-electron chi connectivity index (χ3n) is 3.22. The molecule has 1 aromatic heterocycles. The minimum Gasteiger partial charge on any atom is -0.497 e. The van der Waals surface area contributed by atoms with Crippen LogP contribution < -0.4 is 4.74 Å². The van der Waals surface area contributed by atoms with Gasteiger partial charge in [-0.15, -0.1) is 0 Å². The van der Waals surface area contributed by atoms with Crippen molar-refractivity contribution in [3.63, 3.8) is 0 Å². The monoisotopic (exact) mass is 268 g/mol. The third-order valence-corrected chi connectivity index (χ3v) is 3.22. The first-order chi connectivity index (χ1) is 9.70. The Labute approximate surface area is 115 Å². The van der Waals surface area contributed by atoms with Crippen LogP contribution in [0.15, 0.2) is 42.6 Å². The summed E-state index contributed by atoms with van der Waals surface area (Å²) in [7, 11) is 1.52. The van der Waals surface area contributed by atoms with Crippen molar-refractivity contribution in [2.75, 3.05) is 7.11 Å². The Balaban J connectivity index is 1.93. The fraction of sp³-hybridized carbons (Fsp3) is 0.133. The van der Waals surface area contributed by atoms with Crippen molar-refractivity contribution in [2.45, 2.75) is 6.54 Å². The van der Waals surface area contributed by atoms with E-state index in [9.17, 15) is 9.59 Å². The SMILES string of the molecule is COc1ccc2c(c1)C(=O)N(Cc1ccccn1)C2=O. The maximum atomic E-state index is 12.3. The fourth-order valence-electron chi connectivity index (χ4n) is 2.19. The number of carbonyl (C=O) groups is 2. The first kappa shape index (κ1) is 12.3. The molecule has 20 heavy (non-hydrogen) atoms. The summed E-state index contributed by atoms with van der Waals surface area (Å²) in [4.78, 5) is 29.9. The van der Waals surface area contributed by atoms with Crippen molar-refractivity contribution < 1.29 is 14.3 Å². The minimum atomic E-state index is -0.311. The summed E-state index contributed by atoms with van der Waals surface area (Å²) >= 11 is 0. The van der Waals surface area contributed by atoms with Crippen LogP contribution in [-0.4, -0.2) is 28.8 Å². The molecule has 0 unspecified atom stereocenters. The molecule has 1 aromatic carbocycles. The second-order valence-electron chi connectivity index (χ2n) is 4.43. The summed E-state index contributed by atoms with van der Waals surface area (Å²) in [5.41, 5.74) is 1.46. The summed E-state index contributed by atoms with van der Waals surface area (Å²) in [5, 5.41) is 0. The smallest absolute Gasteiger partial charge is 0.262 e. The number of ether oxygens (including phenoxy) is 1. The molecule has 0 aliphatic carbocycles. The van der Waals surface area contributed by atoms with Crippen LogP contribution in [0.25, 0.3) is 0 Å². The third kappa shape index (κ3) is 1.93. The predicted molar refractivity (Wildman–Crippen MR) is 71.4 cm³/mol. The van der Waals surface area contributed by atoms with E-state index in [-0.39, 0.29) is 18.4 Å². The van der Waals surface area contributed by atoms with E-state index in [1.165, 1.54) is 12.0 Å². The molecule has 0 spiro atoms. The number of rotatable bonds is 3. The average Bonchev–Trinajstić information content (AvgIpc) is 2.73. The van der Waals surface area contributed by atoms with Crippen LogP contribution in [0.5, 0.6) is 5.75 Å². The highest BCUT2D eigenvalue weighted by molar-refractivity contribution is 6.21. The number of hydrogen-bond acceptors (Lipinski definition) is 4. The number of nitrogens with zero attached hydrogens (tertiary/aromatic N) is 2. The minimum absolute atomic E-state index is 0.176. The molecule has 0 N–H and O–H groups in total. The molecule has 1 aliphatic rings.